The predicted molar refractivity (Wildman–Crippen MR) is 184 cm³/mol. The number of carbonyl (C=O) groups excluding carboxylic acids is 2. The fraction of sp³-hybridized carbons (Fsp3) is 0.579. The number of benzene rings is 1. The lowest BCUT2D eigenvalue weighted by atomic mass is 9.75. The fourth-order valence-corrected chi connectivity index (χ4v) is 11.4. The summed E-state index contributed by atoms with van der Waals surface area (Å²) in [7, 11) is -2.09. The summed E-state index contributed by atoms with van der Waals surface area (Å²) in [4.78, 5) is 30.8. The van der Waals surface area contributed by atoms with Gasteiger partial charge in [-0.2, -0.15) is 0 Å². The van der Waals surface area contributed by atoms with Gasteiger partial charge in [-0.05, 0) is 72.4 Å². The molecule has 2 amide bonds. The van der Waals surface area contributed by atoms with Gasteiger partial charge in [0.15, 0.2) is 0 Å². The van der Waals surface area contributed by atoms with Gasteiger partial charge in [0.25, 0.3) is 5.91 Å². The van der Waals surface area contributed by atoms with Crippen LogP contribution in [0, 0.1) is 5.92 Å². The van der Waals surface area contributed by atoms with Crippen molar-refractivity contribution < 1.29 is 32.2 Å². The van der Waals surface area contributed by atoms with E-state index in [2.05, 4.69) is 39.6 Å². The summed E-state index contributed by atoms with van der Waals surface area (Å²) in [5.41, 5.74) is 6.52. The highest BCUT2D eigenvalue weighted by atomic mass is 32.2. The number of carbonyl (C=O) groups is 2. The minimum atomic E-state index is -3.79. The Morgan fingerprint density at radius 1 is 0.939 bits per heavy atom. The normalized spacial score (nSPS) is 28.6. The number of ether oxygens (including phenoxy) is 3. The summed E-state index contributed by atoms with van der Waals surface area (Å²) in [5.74, 6) is 0.0367. The summed E-state index contributed by atoms with van der Waals surface area (Å²) >= 11 is 0. The second kappa shape index (κ2) is 12.1. The van der Waals surface area contributed by atoms with Crippen molar-refractivity contribution in [1.82, 2.24) is 14.2 Å². The third-order valence-corrected chi connectivity index (χ3v) is 14.1. The van der Waals surface area contributed by atoms with Crippen molar-refractivity contribution >= 4 is 32.7 Å². The Morgan fingerprint density at radius 3 is 2.33 bits per heavy atom. The number of nitrogens with one attached hydrogen (secondary N) is 1. The second-order valence-corrected chi connectivity index (χ2v) is 17.0. The number of nitrogens with zero attached hydrogens (tertiary/aromatic N) is 2. The number of rotatable bonds is 6. The number of methoxy groups -OCH3 is 1. The van der Waals surface area contributed by atoms with Gasteiger partial charge in [0, 0.05) is 23.5 Å². The van der Waals surface area contributed by atoms with Gasteiger partial charge >= 0.3 is 0 Å². The molecule has 49 heavy (non-hydrogen) atoms. The van der Waals surface area contributed by atoms with Crippen LogP contribution in [0.5, 0.6) is 5.75 Å². The SMILES string of the molecule is COc1ccc(C2CCCCC2)c2c1cc1n2CC2=C(C(=O)NS(=O)(=O)C3CCCC3)C2=C2C=CC[C@@H](C(=O)N3C4COCC3COC4)C21. The monoisotopic (exact) mass is 687 g/mol. The molecule has 2 bridgehead atoms. The van der Waals surface area contributed by atoms with Crippen LogP contribution in [-0.4, -0.2) is 80.6 Å². The molecule has 1 N–H and O–H groups in total. The van der Waals surface area contributed by atoms with Gasteiger partial charge in [0.1, 0.15) is 5.75 Å². The summed E-state index contributed by atoms with van der Waals surface area (Å²) in [6, 6.07) is 6.26. The molecule has 0 spiro atoms. The van der Waals surface area contributed by atoms with Gasteiger partial charge in [0.2, 0.25) is 15.9 Å². The molecular weight excluding hydrogens is 642 g/mol. The van der Waals surface area contributed by atoms with E-state index in [1.807, 2.05) is 4.90 Å². The van der Waals surface area contributed by atoms with Crippen LogP contribution in [0.1, 0.15) is 87.3 Å². The standard InChI is InChI=1S/C38H45N3O7S/c1-46-32-15-14-26(22-8-3-2-4-9-22)36-29(32)16-31-33-27(12-7-13-28(33)38(43)41-23-18-47-20-24(41)21-48-19-23)34-30(17-40(31)36)35(34)37(42)39-49(44,45)25-10-5-6-11-25/h7,12,14-16,22-25,28,33H,2-6,8-11,13,17-21H2,1H3,(H,39,42)/t23?,24?,28-,33?/m1/s1. The number of amides is 2. The summed E-state index contributed by atoms with van der Waals surface area (Å²) in [5, 5.41) is 0.492. The zero-order chi connectivity index (χ0) is 33.4. The first-order valence-electron chi connectivity index (χ1n) is 18.2. The molecule has 11 heteroatoms. The number of hydrogen-bond donors (Lipinski definition) is 1. The molecule has 1 aromatic carbocycles. The molecule has 260 valence electrons. The van der Waals surface area contributed by atoms with Crippen molar-refractivity contribution in [3.63, 3.8) is 0 Å². The van der Waals surface area contributed by atoms with Crippen molar-refractivity contribution in [3.05, 3.63) is 63.9 Å². The number of fused-ring (bicyclic) bond motifs is 8. The van der Waals surface area contributed by atoms with Crippen LogP contribution in [0.25, 0.3) is 10.9 Å². The fourth-order valence-electron chi connectivity index (χ4n) is 9.92. The minimum absolute atomic E-state index is 0.0873. The van der Waals surface area contributed by atoms with E-state index in [9.17, 15) is 18.0 Å². The first kappa shape index (κ1) is 31.6. The second-order valence-electron chi connectivity index (χ2n) is 15.0. The van der Waals surface area contributed by atoms with Gasteiger partial charge in [-0.1, -0.05) is 50.3 Å². The number of morpholine rings is 2. The quantitative estimate of drug-likeness (QED) is 0.455. The molecule has 2 saturated heterocycles. The minimum Gasteiger partial charge on any atom is -0.496 e. The van der Waals surface area contributed by atoms with Crippen molar-refractivity contribution in [2.45, 2.75) is 99.9 Å². The van der Waals surface area contributed by atoms with Gasteiger partial charge in [-0.3, -0.25) is 9.59 Å². The Bertz CT molecular complexity index is 1910. The van der Waals surface area contributed by atoms with E-state index in [4.69, 9.17) is 14.2 Å². The van der Waals surface area contributed by atoms with Crippen LogP contribution in [-0.2, 0) is 35.6 Å². The Kier molecular flexibility index (Phi) is 7.81. The van der Waals surface area contributed by atoms with Gasteiger partial charge in [0.05, 0.1) is 67.9 Å². The largest absolute Gasteiger partial charge is 0.496 e. The summed E-state index contributed by atoms with van der Waals surface area (Å²) in [6.45, 7) is 2.27. The molecule has 9 rings (SSSR count). The maximum atomic E-state index is 14.8. The van der Waals surface area contributed by atoms with Gasteiger partial charge in [-0.15, -0.1) is 0 Å². The third kappa shape index (κ3) is 5.13. The lowest BCUT2D eigenvalue weighted by Crippen LogP contribution is -2.63. The Labute approximate surface area is 287 Å². The molecule has 2 aromatic rings. The molecule has 4 fully saturated rings. The van der Waals surface area contributed by atoms with Crippen molar-refractivity contribution in [2.24, 2.45) is 5.92 Å². The first-order chi connectivity index (χ1) is 23.9. The van der Waals surface area contributed by atoms with Crippen LogP contribution in [0.15, 0.2) is 52.6 Å². The molecule has 4 heterocycles. The number of allylic oxidation sites excluding steroid dienone is 4. The van der Waals surface area contributed by atoms with E-state index < -0.39 is 27.1 Å². The highest BCUT2D eigenvalue weighted by Crippen LogP contribution is 2.55. The van der Waals surface area contributed by atoms with Crippen LogP contribution in [0.3, 0.4) is 0 Å². The average Bonchev–Trinajstić information content (AvgIpc) is 3.38. The van der Waals surface area contributed by atoms with Crippen LogP contribution in [0.2, 0.25) is 0 Å². The van der Waals surface area contributed by atoms with Crippen LogP contribution in [0.4, 0.5) is 0 Å². The van der Waals surface area contributed by atoms with E-state index in [1.165, 1.54) is 24.8 Å². The van der Waals surface area contributed by atoms with E-state index in [-0.39, 0.29) is 23.9 Å². The number of hydrogen-bond acceptors (Lipinski definition) is 7. The topological polar surface area (TPSA) is 116 Å². The number of sulfonamides is 1. The molecule has 2 atom stereocenters. The molecule has 3 aliphatic heterocycles. The maximum absolute atomic E-state index is 14.8. The van der Waals surface area contributed by atoms with Gasteiger partial charge < -0.3 is 23.7 Å². The molecular formula is C38H45N3O7S. The molecule has 0 radical (unpaired) electrons. The highest BCUT2D eigenvalue weighted by molar-refractivity contribution is 7.90. The van der Waals surface area contributed by atoms with E-state index in [0.29, 0.717) is 63.7 Å². The lowest BCUT2D eigenvalue weighted by molar-refractivity contribution is -0.172. The van der Waals surface area contributed by atoms with Crippen molar-refractivity contribution in [1.29, 1.82) is 0 Å². The summed E-state index contributed by atoms with van der Waals surface area (Å²) < 4.78 is 49.0. The lowest BCUT2D eigenvalue weighted by Gasteiger charge is -2.47. The molecule has 1 aromatic heterocycles. The van der Waals surface area contributed by atoms with Crippen LogP contribution >= 0.6 is 0 Å². The Balaban J connectivity index is 1.19. The smallest absolute Gasteiger partial charge is 0.265 e. The molecule has 7 aliphatic rings. The van der Waals surface area contributed by atoms with E-state index >= 15 is 0 Å². The third-order valence-electron chi connectivity index (χ3n) is 12.3. The average molecular weight is 688 g/mol. The highest BCUT2D eigenvalue weighted by Gasteiger charge is 2.50. The zero-order valence-electron chi connectivity index (χ0n) is 28.1. The Morgan fingerprint density at radius 2 is 1.63 bits per heavy atom. The first-order valence-corrected chi connectivity index (χ1v) is 19.8. The van der Waals surface area contributed by atoms with Crippen molar-refractivity contribution in [2.75, 3.05) is 33.5 Å². The van der Waals surface area contributed by atoms with Gasteiger partial charge in [-0.25, -0.2) is 13.1 Å². The molecule has 1 unspecified atom stereocenters. The van der Waals surface area contributed by atoms with Crippen molar-refractivity contribution in [3.8, 4) is 5.75 Å². The Hall–Kier alpha value is -3.41. The molecule has 4 aliphatic carbocycles. The van der Waals surface area contributed by atoms with E-state index in [0.717, 1.165) is 64.7 Å². The zero-order valence-corrected chi connectivity index (χ0v) is 28.9. The van der Waals surface area contributed by atoms with Crippen LogP contribution < -0.4 is 9.46 Å². The number of aromatic nitrogens is 1. The predicted octanol–water partition coefficient (Wildman–Crippen LogP) is 4.99. The maximum Gasteiger partial charge on any atom is 0.265 e. The van der Waals surface area contributed by atoms with E-state index in [1.54, 1.807) is 7.11 Å². The molecule has 10 nitrogen and oxygen atoms in total. The molecule has 2 saturated carbocycles. The summed E-state index contributed by atoms with van der Waals surface area (Å²) in [6.07, 6.45) is 13.5.